The molecule has 19 heavy (non-hydrogen) atoms. The summed E-state index contributed by atoms with van der Waals surface area (Å²) in [5.41, 5.74) is 1.02. The molecule has 0 heterocycles. The van der Waals surface area contributed by atoms with Crippen LogP contribution in [0, 0.1) is 10.1 Å². The molecular formula is C14H20BrNO3. The monoisotopic (exact) mass is 329 g/mol. The number of hydrogen-bond donors (Lipinski definition) is 0. The molecule has 4 nitrogen and oxygen atoms in total. The SMILES string of the molecule is CCCCCCCOc1cc(CBr)ccc1[N+](=O)[O-]. The number of nitrogens with zero attached hydrogens (tertiary/aromatic N) is 1. The van der Waals surface area contributed by atoms with Crippen LogP contribution in [0.5, 0.6) is 5.75 Å². The number of rotatable bonds is 9. The van der Waals surface area contributed by atoms with Crippen molar-refractivity contribution in [3.8, 4) is 5.75 Å². The topological polar surface area (TPSA) is 52.4 Å². The van der Waals surface area contributed by atoms with Gasteiger partial charge in [-0.25, -0.2) is 0 Å². The Morgan fingerprint density at radius 2 is 2.00 bits per heavy atom. The largest absolute Gasteiger partial charge is 0.487 e. The maximum absolute atomic E-state index is 10.9. The molecule has 1 aromatic carbocycles. The third kappa shape index (κ3) is 5.59. The molecule has 0 aromatic heterocycles. The fraction of sp³-hybridized carbons (Fsp3) is 0.571. The van der Waals surface area contributed by atoms with Crippen molar-refractivity contribution in [2.24, 2.45) is 0 Å². The Morgan fingerprint density at radius 3 is 2.63 bits per heavy atom. The molecule has 0 fully saturated rings. The normalized spacial score (nSPS) is 10.4. The number of alkyl halides is 1. The van der Waals surface area contributed by atoms with Crippen LogP contribution in [0.1, 0.15) is 44.6 Å². The van der Waals surface area contributed by atoms with Gasteiger partial charge >= 0.3 is 5.69 Å². The van der Waals surface area contributed by atoms with Gasteiger partial charge in [0.2, 0.25) is 0 Å². The standard InChI is InChI=1S/C14H20BrNO3/c1-2-3-4-5-6-9-19-14-10-12(11-15)7-8-13(14)16(17)18/h7-8,10H,2-6,9,11H2,1H3. The lowest BCUT2D eigenvalue weighted by Crippen LogP contribution is -2.01. The second kappa shape index (κ2) is 8.91. The van der Waals surface area contributed by atoms with E-state index in [2.05, 4.69) is 22.9 Å². The van der Waals surface area contributed by atoms with E-state index in [0.29, 0.717) is 17.7 Å². The number of nitro benzene ring substituents is 1. The third-order valence-electron chi connectivity index (χ3n) is 2.88. The maximum Gasteiger partial charge on any atom is 0.310 e. The van der Waals surface area contributed by atoms with Gasteiger partial charge in [-0.15, -0.1) is 0 Å². The fourth-order valence-corrected chi connectivity index (χ4v) is 2.14. The van der Waals surface area contributed by atoms with E-state index >= 15 is 0 Å². The summed E-state index contributed by atoms with van der Waals surface area (Å²) in [5.74, 6) is 0.373. The minimum absolute atomic E-state index is 0.0401. The van der Waals surface area contributed by atoms with Crippen molar-refractivity contribution in [3.05, 3.63) is 33.9 Å². The predicted molar refractivity (Wildman–Crippen MR) is 80.0 cm³/mol. The van der Waals surface area contributed by atoms with Gasteiger partial charge in [-0.05, 0) is 18.1 Å². The minimum Gasteiger partial charge on any atom is -0.487 e. The molecule has 0 atom stereocenters. The Hall–Kier alpha value is -1.10. The number of ether oxygens (including phenoxy) is 1. The Kier molecular flexibility index (Phi) is 7.48. The Balaban J connectivity index is 2.52. The van der Waals surface area contributed by atoms with Crippen LogP contribution in [0.3, 0.4) is 0 Å². The number of hydrogen-bond acceptors (Lipinski definition) is 3. The van der Waals surface area contributed by atoms with E-state index in [0.717, 1.165) is 18.4 Å². The molecule has 106 valence electrons. The summed E-state index contributed by atoms with van der Waals surface area (Å²) in [6.07, 6.45) is 5.69. The van der Waals surface area contributed by atoms with Crippen LogP contribution in [0.2, 0.25) is 0 Å². The Bertz CT molecular complexity index is 410. The van der Waals surface area contributed by atoms with Crippen molar-refractivity contribution < 1.29 is 9.66 Å². The molecule has 0 saturated heterocycles. The zero-order valence-corrected chi connectivity index (χ0v) is 12.8. The van der Waals surface area contributed by atoms with Crippen molar-refractivity contribution in [2.45, 2.75) is 44.4 Å². The van der Waals surface area contributed by atoms with Gasteiger partial charge in [-0.2, -0.15) is 0 Å². The van der Waals surface area contributed by atoms with Crippen LogP contribution in [0.15, 0.2) is 18.2 Å². The molecule has 0 amide bonds. The highest BCUT2D eigenvalue weighted by molar-refractivity contribution is 9.08. The van der Waals surface area contributed by atoms with Crippen LogP contribution in [-0.4, -0.2) is 11.5 Å². The summed E-state index contributed by atoms with van der Waals surface area (Å²) in [4.78, 5) is 10.5. The first-order chi connectivity index (χ1) is 9.19. The summed E-state index contributed by atoms with van der Waals surface area (Å²) in [6, 6.07) is 4.98. The van der Waals surface area contributed by atoms with Crippen molar-refractivity contribution in [1.29, 1.82) is 0 Å². The average molecular weight is 330 g/mol. The second-order valence-electron chi connectivity index (χ2n) is 4.46. The molecule has 0 radical (unpaired) electrons. The Labute approximate surface area is 122 Å². The first kappa shape index (κ1) is 16.0. The molecule has 0 aliphatic rings. The summed E-state index contributed by atoms with van der Waals surface area (Å²) < 4.78 is 5.56. The van der Waals surface area contributed by atoms with Crippen molar-refractivity contribution in [1.82, 2.24) is 0 Å². The van der Waals surface area contributed by atoms with E-state index in [9.17, 15) is 10.1 Å². The van der Waals surface area contributed by atoms with E-state index in [1.165, 1.54) is 25.3 Å². The number of halogens is 1. The van der Waals surface area contributed by atoms with Gasteiger partial charge < -0.3 is 4.74 Å². The van der Waals surface area contributed by atoms with Crippen LogP contribution >= 0.6 is 15.9 Å². The van der Waals surface area contributed by atoms with Crippen LogP contribution < -0.4 is 4.74 Å². The average Bonchev–Trinajstić information content (AvgIpc) is 2.42. The van der Waals surface area contributed by atoms with Crippen molar-refractivity contribution in [3.63, 3.8) is 0 Å². The van der Waals surface area contributed by atoms with Crippen molar-refractivity contribution in [2.75, 3.05) is 6.61 Å². The number of benzene rings is 1. The zero-order chi connectivity index (χ0) is 14.1. The fourth-order valence-electron chi connectivity index (χ4n) is 1.80. The van der Waals surface area contributed by atoms with E-state index in [1.807, 2.05) is 0 Å². The summed E-state index contributed by atoms with van der Waals surface area (Å²) in [5, 5.41) is 11.6. The molecule has 0 saturated carbocycles. The number of unbranched alkanes of at least 4 members (excludes halogenated alkanes) is 4. The quantitative estimate of drug-likeness (QED) is 0.282. The van der Waals surface area contributed by atoms with Gasteiger partial charge in [0.1, 0.15) is 0 Å². The summed E-state index contributed by atoms with van der Waals surface area (Å²) in [7, 11) is 0. The maximum atomic E-state index is 10.9. The second-order valence-corrected chi connectivity index (χ2v) is 5.02. The zero-order valence-electron chi connectivity index (χ0n) is 11.2. The molecule has 1 aromatic rings. The molecule has 0 N–H and O–H groups in total. The van der Waals surface area contributed by atoms with E-state index in [-0.39, 0.29) is 5.69 Å². The Morgan fingerprint density at radius 1 is 1.26 bits per heavy atom. The van der Waals surface area contributed by atoms with E-state index < -0.39 is 4.92 Å². The first-order valence-electron chi connectivity index (χ1n) is 6.65. The third-order valence-corrected chi connectivity index (χ3v) is 3.53. The molecule has 5 heteroatoms. The van der Waals surface area contributed by atoms with Gasteiger partial charge in [0, 0.05) is 11.4 Å². The molecule has 0 unspecified atom stereocenters. The molecular weight excluding hydrogens is 310 g/mol. The predicted octanol–water partition coefficient (Wildman–Crippen LogP) is 4.84. The molecule has 0 aliphatic heterocycles. The highest BCUT2D eigenvalue weighted by atomic mass is 79.9. The molecule has 0 bridgehead atoms. The lowest BCUT2D eigenvalue weighted by Gasteiger charge is -2.08. The molecule has 0 spiro atoms. The van der Waals surface area contributed by atoms with Gasteiger partial charge in [0.15, 0.2) is 5.75 Å². The van der Waals surface area contributed by atoms with Gasteiger partial charge in [-0.1, -0.05) is 54.6 Å². The minimum atomic E-state index is -0.398. The van der Waals surface area contributed by atoms with Gasteiger partial charge in [-0.3, -0.25) is 10.1 Å². The first-order valence-corrected chi connectivity index (χ1v) is 7.77. The van der Waals surface area contributed by atoms with Crippen LogP contribution in [0.25, 0.3) is 0 Å². The van der Waals surface area contributed by atoms with Crippen LogP contribution in [-0.2, 0) is 5.33 Å². The highest BCUT2D eigenvalue weighted by Gasteiger charge is 2.15. The number of nitro groups is 1. The van der Waals surface area contributed by atoms with Crippen molar-refractivity contribution >= 4 is 21.6 Å². The van der Waals surface area contributed by atoms with E-state index in [1.54, 1.807) is 12.1 Å². The summed E-state index contributed by atoms with van der Waals surface area (Å²) >= 11 is 3.34. The highest BCUT2D eigenvalue weighted by Crippen LogP contribution is 2.29. The lowest BCUT2D eigenvalue weighted by molar-refractivity contribution is -0.385. The smallest absolute Gasteiger partial charge is 0.310 e. The van der Waals surface area contributed by atoms with Gasteiger partial charge in [0.05, 0.1) is 11.5 Å². The molecule has 0 aliphatic carbocycles. The summed E-state index contributed by atoms with van der Waals surface area (Å²) in [6.45, 7) is 2.71. The van der Waals surface area contributed by atoms with E-state index in [4.69, 9.17) is 4.74 Å². The van der Waals surface area contributed by atoms with Gasteiger partial charge in [0.25, 0.3) is 0 Å². The van der Waals surface area contributed by atoms with Crippen LogP contribution in [0.4, 0.5) is 5.69 Å². The molecule has 1 rings (SSSR count). The lowest BCUT2D eigenvalue weighted by atomic mass is 10.2.